The van der Waals surface area contributed by atoms with Gasteiger partial charge in [-0.2, -0.15) is 0 Å². The molecular formula is C13H9BrCl2FNO2S. The van der Waals surface area contributed by atoms with Gasteiger partial charge in [0.15, 0.2) is 5.82 Å². The molecule has 3 nitrogen and oxygen atoms in total. The molecular weight excluding hydrogens is 404 g/mol. The van der Waals surface area contributed by atoms with Gasteiger partial charge in [-0.05, 0) is 52.7 Å². The average Bonchev–Trinajstić information content (AvgIpc) is 2.39. The fourth-order valence-corrected chi connectivity index (χ4v) is 4.17. The van der Waals surface area contributed by atoms with Crippen LogP contribution in [0.4, 0.5) is 10.1 Å². The first-order chi connectivity index (χ1) is 9.72. The van der Waals surface area contributed by atoms with E-state index in [1.807, 2.05) is 6.92 Å². The summed E-state index contributed by atoms with van der Waals surface area (Å²) in [6.45, 7) is 1.87. The van der Waals surface area contributed by atoms with Gasteiger partial charge in [0.05, 0.1) is 15.7 Å². The molecule has 0 unspecified atom stereocenters. The maximum absolute atomic E-state index is 13.6. The minimum atomic E-state index is -4.03. The summed E-state index contributed by atoms with van der Waals surface area (Å²) in [7, 11) is -4.03. The van der Waals surface area contributed by atoms with Crippen LogP contribution in [0.1, 0.15) is 5.56 Å². The highest BCUT2D eigenvalue weighted by Gasteiger charge is 2.22. The van der Waals surface area contributed by atoms with E-state index in [4.69, 9.17) is 23.2 Å². The predicted molar refractivity (Wildman–Crippen MR) is 86.1 cm³/mol. The van der Waals surface area contributed by atoms with Crippen LogP contribution in [0.2, 0.25) is 10.0 Å². The minimum absolute atomic E-state index is 0.240. The van der Waals surface area contributed by atoms with Crippen LogP contribution >= 0.6 is 39.1 Å². The zero-order chi connectivity index (χ0) is 15.8. The molecule has 112 valence electrons. The molecule has 0 heterocycles. The van der Waals surface area contributed by atoms with Crippen molar-refractivity contribution in [2.75, 3.05) is 4.72 Å². The zero-order valence-corrected chi connectivity index (χ0v) is 14.5. The first-order valence-electron chi connectivity index (χ1n) is 5.65. The molecule has 0 fully saturated rings. The van der Waals surface area contributed by atoms with Crippen LogP contribution < -0.4 is 4.72 Å². The summed E-state index contributed by atoms with van der Waals surface area (Å²) in [5.41, 5.74) is 1.28. The van der Waals surface area contributed by atoms with Crippen molar-refractivity contribution in [1.29, 1.82) is 0 Å². The van der Waals surface area contributed by atoms with Crippen LogP contribution in [-0.2, 0) is 10.0 Å². The predicted octanol–water partition coefficient (Wildman–Crippen LogP) is 5.00. The second-order valence-corrected chi connectivity index (χ2v) is 7.55. The molecule has 2 aromatic rings. The fraction of sp³-hybridized carbons (Fsp3) is 0.0769. The maximum atomic E-state index is 13.6. The summed E-state index contributed by atoms with van der Waals surface area (Å²) < 4.78 is 41.1. The summed E-state index contributed by atoms with van der Waals surface area (Å²) in [6.07, 6.45) is 0. The van der Waals surface area contributed by atoms with E-state index in [0.29, 0.717) is 10.2 Å². The molecule has 0 aliphatic carbocycles. The van der Waals surface area contributed by atoms with E-state index in [-0.39, 0.29) is 9.92 Å². The number of halogens is 4. The van der Waals surface area contributed by atoms with Gasteiger partial charge in [0.1, 0.15) is 4.90 Å². The highest BCUT2D eigenvalue weighted by molar-refractivity contribution is 9.10. The summed E-state index contributed by atoms with van der Waals surface area (Å²) in [6, 6.07) is 7.38. The molecule has 0 aliphatic heterocycles. The Morgan fingerprint density at radius 2 is 1.86 bits per heavy atom. The Balaban J connectivity index is 2.46. The van der Waals surface area contributed by atoms with Gasteiger partial charge in [0.2, 0.25) is 0 Å². The van der Waals surface area contributed by atoms with E-state index < -0.39 is 20.9 Å². The normalized spacial score (nSPS) is 11.5. The number of aryl methyl sites for hydroxylation is 1. The number of rotatable bonds is 3. The molecule has 2 rings (SSSR count). The van der Waals surface area contributed by atoms with Crippen molar-refractivity contribution in [3.63, 3.8) is 0 Å². The molecule has 0 radical (unpaired) electrons. The molecule has 21 heavy (non-hydrogen) atoms. The van der Waals surface area contributed by atoms with Crippen LogP contribution in [0.25, 0.3) is 0 Å². The van der Waals surface area contributed by atoms with Crippen molar-refractivity contribution in [2.45, 2.75) is 11.8 Å². The fourth-order valence-electron chi connectivity index (χ4n) is 1.62. The zero-order valence-electron chi connectivity index (χ0n) is 10.6. The highest BCUT2D eigenvalue weighted by atomic mass is 79.9. The molecule has 1 N–H and O–H groups in total. The third kappa shape index (κ3) is 3.51. The number of anilines is 1. The lowest BCUT2D eigenvalue weighted by atomic mass is 10.2. The van der Waals surface area contributed by atoms with Crippen LogP contribution in [0, 0.1) is 12.7 Å². The largest absolute Gasteiger partial charge is 0.278 e. The third-order valence-corrected chi connectivity index (χ3v) is 5.50. The second kappa shape index (κ2) is 6.12. The number of nitrogens with one attached hydrogen (secondary N) is 1. The van der Waals surface area contributed by atoms with Crippen molar-refractivity contribution in [2.24, 2.45) is 0 Å². The van der Waals surface area contributed by atoms with Crippen molar-refractivity contribution < 1.29 is 12.8 Å². The van der Waals surface area contributed by atoms with Gasteiger partial charge in [0.25, 0.3) is 10.0 Å². The third-order valence-electron chi connectivity index (χ3n) is 2.66. The average molecular weight is 413 g/mol. The van der Waals surface area contributed by atoms with Gasteiger partial charge in [-0.1, -0.05) is 29.3 Å². The minimum Gasteiger partial charge on any atom is -0.278 e. The highest BCUT2D eigenvalue weighted by Crippen LogP contribution is 2.32. The van der Waals surface area contributed by atoms with E-state index in [1.54, 1.807) is 18.2 Å². The van der Waals surface area contributed by atoms with Gasteiger partial charge in [-0.25, -0.2) is 12.8 Å². The van der Waals surface area contributed by atoms with Gasteiger partial charge in [0, 0.05) is 4.47 Å². The molecule has 0 bridgehead atoms. The number of sulfonamides is 1. The molecule has 0 saturated heterocycles. The molecule has 0 atom stereocenters. The van der Waals surface area contributed by atoms with Crippen molar-refractivity contribution in [3.8, 4) is 0 Å². The Kier molecular flexibility index (Phi) is 4.82. The molecule has 0 saturated carbocycles. The van der Waals surface area contributed by atoms with Gasteiger partial charge >= 0.3 is 0 Å². The van der Waals surface area contributed by atoms with E-state index >= 15 is 0 Å². The van der Waals surface area contributed by atoms with E-state index in [1.165, 1.54) is 0 Å². The van der Waals surface area contributed by atoms with Gasteiger partial charge in [-0.15, -0.1) is 0 Å². The Hall–Kier alpha value is -0.820. The maximum Gasteiger partial charge on any atom is 0.263 e. The molecule has 0 aliphatic rings. The van der Waals surface area contributed by atoms with Crippen LogP contribution in [0.5, 0.6) is 0 Å². The first kappa shape index (κ1) is 16.5. The van der Waals surface area contributed by atoms with Crippen molar-refractivity contribution >= 4 is 54.8 Å². The number of benzene rings is 2. The molecule has 8 heteroatoms. The van der Waals surface area contributed by atoms with Gasteiger partial charge < -0.3 is 0 Å². The van der Waals surface area contributed by atoms with Crippen LogP contribution in [-0.4, -0.2) is 8.42 Å². The molecule has 0 amide bonds. The summed E-state index contributed by atoms with van der Waals surface area (Å²) >= 11 is 14.5. The lowest BCUT2D eigenvalue weighted by Crippen LogP contribution is -2.14. The summed E-state index contributed by atoms with van der Waals surface area (Å²) in [5, 5.41) is -0.784. The first-order valence-corrected chi connectivity index (χ1v) is 8.68. The topological polar surface area (TPSA) is 46.2 Å². The molecule has 0 spiro atoms. The molecule has 2 aromatic carbocycles. The van der Waals surface area contributed by atoms with Crippen LogP contribution in [0.3, 0.4) is 0 Å². The van der Waals surface area contributed by atoms with E-state index in [2.05, 4.69) is 20.7 Å². The Morgan fingerprint density at radius 3 is 2.48 bits per heavy atom. The summed E-state index contributed by atoms with van der Waals surface area (Å²) in [4.78, 5) is -0.376. The van der Waals surface area contributed by atoms with Crippen molar-refractivity contribution in [3.05, 3.63) is 56.2 Å². The number of hydrogen-bond acceptors (Lipinski definition) is 2. The van der Waals surface area contributed by atoms with E-state index in [0.717, 1.165) is 17.7 Å². The molecule has 0 aromatic heterocycles. The lowest BCUT2D eigenvalue weighted by Gasteiger charge is -2.12. The smallest absolute Gasteiger partial charge is 0.263 e. The second-order valence-electron chi connectivity index (χ2n) is 4.26. The monoisotopic (exact) mass is 411 g/mol. The SMILES string of the molecule is Cc1ccc(NS(=O)(=O)c2ccc(Cl)c(F)c2Cl)c(Br)c1. The number of hydrogen-bond donors (Lipinski definition) is 1. The summed E-state index contributed by atoms with van der Waals surface area (Å²) in [5.74, 6) is -0.968. The van der Waals surface area contributed by atoms with Crippen molar-refractivity contribution in [1.82, 2.24) is 0 Å². The Bertz CT molecular complexity index is 812. The quantitative estimate of drug-likeness (QED) is 0.720. The van der Waals surface area contributed by atoms with E-state index in [9.17, 15) is 12.8 Å². The Morgan fingerprint density at radius 1 is 1.19 bits per heavy atom. The van der Waals surface area contributed by atoms with Crippen LogP contribution in [0.15, 0.2) is 39.7 Å². The van der Waals surface area contributed by atoms with Gasteiger partial charge in [-0.3, -0.25) is 4.72 Å². The Labute approximate surface area is 140 Å². The standard InChI is InChI=1S/C13H9BrCl2FNO2S/c1-7-2-4-10(8(14)6-7)18-21(19,20)11-5-3-9(15)13(17)12(11)16/h2-6,18H,1H3. The lowest BCUT2D eigenvalue weighted by molar-refractivity contribution is 0.595.